The molecule has 4 aromatic rings. The Bertz CT molecular complexity index is 1110. The Morgan fingerprint density at radius 3 is 2.50 bits per heavy atom. The average Bonchev–Trinajstić information content (AvgIpc) is 3.37. The highest BCUT2D eigenvalue weighted by Crippen LogP contribution is 2.35. The topological polar surface area (TPSA) is 56.3 Å². The van der Waals surface area contributed by atoms with Gasteiger partial charge in [0, 0.05) is 22.0 Å². The molecule has 8 heteroatoms. The van der Waals surface area contributed by atoms with Crippen molar-refractivity contribution in [2.45, 2.75) is 0 Å². The van der Waals surface area contributed by atoms with E-state index in [-0.39, 0.29) is 5.82 Å². The van der Waals surface area contributed by atoms with Crippen LogP contribution in [0.25, 0.3) is 22.0 Å². The third-order valence-electron chi connectivity index (χ3n) is 3.98. The SMILES string of the molecule is COc1ccc(-c2csc(-c3csc(Nc4cccc(F)c4)n3)n2)cc1OC. The second-order valence-corrected chi connectivity index (χ2v) is 7.50. The maximum atomic E-state index is 13.3. The van der Waals surface area contributed by atoms with Gasteiger partial charge >= 0.3 is 0 Å². The van der Waals surface area contributed by atoms with Crippen LogP contribution in [0.3, 0.4) is 0 Å². The molecule has 0 saturated heterocycles. The molecule has 0 saturated carbocycles. The minimum atomic E-state index is -0.290. The summed E-state index contributed by atoms with van der Waals surface area (Å²) in [6.45, 7) is 0. The molecule has 0 aliphatic heterocycles. The van der Waals surface area contributed by atoms with Crippen molar-refractivity contribution in [2.75, 3.05) is 19.5 Å². The number of rotatable bonds is 6. The number of hydrogen-bond donors (Lipinski definition) is 1. The van der Waals surface area contributed by atoms with Crippen LogP contribution in [0.2, 0.25) is 0 Å². The number of methoxy groups -OCH3 is 2. The van der Waals surface area contributed by atoms with Gasteiger partial charge in [0.2, 0.25) is 0 Å². The van der Waals surface area contributed by atoms with Gasteiger partial charge in [-0.15, -0.1) is 22.7 Å². The van der Waals surface area contributed by atoms with E-state index >= 15 is 0 Å². The summed E-state index contributed by atoms with van der Waals surface area (Å²) in [7, 11) is 3.21. The molecule has 2 aromatic heterocycles. The van der Waals surface area contributed by atoms with Gasteiger partial charge in [-0.25, -0.2) is 14.4 Å². The van der Waals surface area contributed by atoms with E-state index in [0.717, 1.165) is 22.0 Å². The molecule has 2 aromatic carbocycles. The molecule has 0 atom stereocenters. The predicted molar refractivity (Wildman–Crippen MR) is 111 cm³/mol. The van der Waals surface area contributed by atoms with Crippen molar-refractivity contribution in [1.82, 2.24) is 9.97 Å². The van der Waals surface area contributed by atoms with Gasteiger partial charge in [0.15, 0.2) is 16.6 Å². The molecule has 142 valence electrons. The van der Waals surface area contributed by atoms with Crippen molar-refractivity contribution in [3.63, 3.8) is 0 Å². The van der Waals surface area contributed by atoms with Crippen LogP contribution in [0.4, 0.5) is 15.2 Å². The van der Waals surface area contributed by atoms with E-state index in [0.29, 0.717) is 22.3 Å². The Kier molecular flexibility index (Phi) is 5.23. The summed E-state index contributed by atoms with van der Waals surface area (Å²) in [6, 6.07) is 12.0. The van der Waals surface area contributed by atoms with Crippen LogP contribution < -0.4 is 14.8 Å². The minimum Gasteiger partial charge on any atom is -0.493 e. The van der Waals surface area contributed by atoms with Crippen LogP contribution in [-0.4, -0.2) is 24.2 Å². The molecular formula is C20H16FN3O2S2. The predicted octanol–water partition coefficient (Wildman–Crippen LogP) is 5.83. The normalized spacial score (nSPS) is 10.7. The van der Waals surface area contributed by atoms with E-state index in [1.807, 2.05) is 29.0 Å². The number of thiazole rings is 2. The van der Waals surface area contributed by atoms with Crippen molar-refractivity contribution in [3.8, 4) is 33.5 Å². The number of hydrogen-bond acceptors (Lipinski definition) is 7. The Morgan fingerprint density at radius 2 is 1.71 bits per heavy atom. The van der Waals surface area contributed by atoms with E-state index in [1.165, 1.54) is 34.8 Å². The molecule has 2 heterocycles. The third kappa shape index (κ3) is 3.83. The van der Waals surface area contributed by atoms with Crippen molar-refractivity contribution in [2.24, 2.45) is 0 Å². The van der Waals surface area contributed by atoms with Crippen LogP contribution in [0.1, 0.15) is 0 Å². The zero-order valence-electron chi connectivity index (χ0n) is 15.1. The maximum Gasteiger partial charge on any atom is 0.187 e. The Morgan fingerprint density at radius 1 is 0.893 bits per heavy atom. The van der Waals surface area contributed by atoms with E-state index < -0.39 is 0 Å². The lowest BCUT2D eigenvalue weighted by Crippen LogP contribution is -1.91. The number of nitrogens with zero attached hydrogens (tertiary/aromatic N) is 2. The molecule has 0 fully saturated rings. The summed E-state index contributed by atoms with van der Waals surface area (Å²) in [6.07, 6.45) is 0. The van der Waals surface area contributed by atoms with Crippen molar-refractivity contribution in [1.29, 1.82) is 0 Å². The lowest BCUT2D eigenvalue weighted by Gasteiger charge is -2.08. The molecule has 1 N–H and O–H groups in total. The second-order valence-electron chi connectivity index (χ2n) is 5.78. The molecule has 0 radical (unpaired) electrons. The van der Waals surface area contributed by atoms with E-state index in [1.54, 1.807) is 26.4 Å². The van der Waals surface area contributed by atoms with Crippen LogP contribution in [0, 0.1) is 5.82 Å². The fourth-order valence-electron chi connectivity index (χ4n) is 2.64. The highest BCUT2D eigenvalue weighted by atomic mass is 32.1. The van der Waals surface area contributed by atoms with Crippen LogP contribution in [0.5, 0.6) is 11.5 Å². The smallest absolute Gasteiger partial charge is 0.187 e. The first kappa shape index (κ1) is 18.4. The summed E-state index contributed by atoms with van der Waals surface area (Å²) >= 11 is 2.96. The quantitative estimate of drug-likeness (QED) is 0.431. The second kappa shape index (κ2) is 7.95. The molecule has 5 nitrogen and oxygen atoms in total. The molecule has 0 amide bonds. The van der Waals surface area contributed by atoms with Crippen LogP contribution >= 0.6 is 22.7 Å². The Balaban J connectivity index is 1.56. The standard InChI is InChI=1S/C20H16FN3O2S2/c1-25-17-7-6-12(8-18(17)26-2)15-10-27-19(23-15)16-11-28-20(24-16)22-14-5-3-4-13(21)9-14/h3-11H,1-2H3,(H,22,24). The largest absolute Gasteiger partial charge is 0.493 e. The highest BCUT2D eigenvalue weighted by molar-refractivity contribution is 7.15. The molecule has 4 rings (SSSR count). The molecule has 0 bridgehead atoms. The first-order valence-corrected chi connectivity index (χ1v) is 10.1. The summed E-state index contributed by atoms with van der Waals surface area (Å²) in [5.41, 5.74) is 3.22. The first-order valence-electron chi connectivity index (χ1n) is 8.32. The Labute approximate surface area is 169 Å². The molecular weight excluding hydrogens is 397 g/mol. The summed E-state index contributed by atoms with van der Waals surface area (Å²) in [5.74, 6) is 1.04. The zero-order valence-corrected chi connectivity index (χ0v) is 16.7. The van der Waals surface area contributed by atoms with Gasteiger partial charge in [0.25, 0.3) is 0 Å². The lowest BCUT2D eigenvalue weighted by molar-refractivity contribution is 0.355. The fraction of sp³-hybridized carbons (Fsp3) is 0.100. The zero-order chi connectivity index (χ0) is 19.5. The minimum absolute atomic E-state index is 0.290. The van der Waals surface area contributed by atoms with Gasteiger partial charge in [-0.3, -0.25) is 0 Å². The highest BCUT2D eigenvalue weighted by Gasteiger charge is 2.13. The monoisotopic (exact) mass is 413 g/mol. The molecule has 28 heavy (non-hydrogen) atoms. The van der Waals surface area contributed by atoms with Crippen LogP contribution in [0.15, 0.2) is 53.2 Å². The van der Waals surface area contributed by atoms with Gasteiger partial charge in [0.1, 0.15) is 16.5 Å². The van der Waals surface area contributed by atoms with E-state index in [2.05, 4.69) is 10.3 Å². The summed E-state index contributed by atoms with van der Waals surface area (Å²) < 4.78 is 24.0. The van der Waals surface area contributed by atoms with Crippen LogP contribution in [-0.2, 0) is 0 Å². The number of anilines is 2. The fourth-order valence-corrected chi connectivity index (χ4v) is 4.22. The number of aromatic nitrogens is 2. The average molecular weight is 413 g/mol. The first-order chi connectivity index (χ1) is 13.7. The van der Waals surface area contributed by atoms with Crippen molar-refractivity contribution >= 4 is 33.5 Å². The molecule has 0 aliphatic rings. The summed E-state index contributed by atoms with van der Waals surface area (Å²) in [4.78, 5) is 9.26. The van der Waals surface area contributed by atoms with Gasteiger partial charge in [-0.05, 0) is 36.4 Å². The number of benzene rings is 2. The Hall–Kier alpha value is -2.97. The van der Waals surface area contributed by atoms with Gasteiger partial charge in [0.05, 0.1) is 19.9 Å². The maximum absolute atomic E-state index is 13.3. The molecule has 0 unspecified atom stereocenters. The van der Waals surface area contributed by atoms with Gasteiger partial charge in [-0.1, -0.05) is 6.07 Å². The van der Waals surface area contributed by atoms with Gasteiger partial charge in [-0.2, -0.15) is 0 Å². The van der Waals surface area contributed by atoms with Crippen molar-refractivity contribution in [3.05, 3.63) is 59.0 Å². The van der Waals surface area contributed by atoms with Crippen molar-refractivity contribution < 1.29 is 13.9 Å². The van der Waals surface area contributed by atoms with E-state index in [4.69, 9.17) is 14.5 Å². The molecule has 0 aliphatic carbocycles. The van der Waals surface area contributed by atoms with Gasteiger partial charge < -0.3 is 14.8 Å². The lowest BCUT2D eigenvalue weighted by atomic mass is 10.1. The summed E-state index contributed by atoms with van der Waals surface area (Å²) in [5, 5.41) is 8.52. The molecule has 0 spiro atoms. The third-order valence-corrected chi connectivity index (χ3v) is 5.61. The number of halogens is 1. The number of nitrogens with one attached hydrogen (secondary N) is 1. The van der Waals surface area contributed by atoms with E-state index in [9.17, 15) is 4.39 Å². The number of ether oxygens (including phenoxy) is 2.